The molecule has 0 aromatic carbocycles. The van der Waals surface area contributed by atoms with E-state index >= 15 is 0 Å². The smallest absolute Gasteiger partial charge is 0.239 e. The lowest BCUT2D eigenvalue weighted by atomic mass is 10.1. The van der Waals surface area contributed by atoms with Gasteiger partial charge in [-0.2, -0.15) is 0 Å². The molecule has 0 aliphatic carbocycles. The second-order valence-electron chi connectivity index (χ2n) is 3.84. The third kappa shape index (κ3) is 1.96. The van der Waals surface area contributed by atoms with Gasteiger partial charge in [-0.1, -0.05) is 11.6 Å². The lowest BCUT2D eigenvalue weighted by Crippen LogP contribution is -2.35. The van der Waals surface area contributed by atoms with Crippen LogP contribution in [0.2, 0.25) is 0 Å². The summed E-state index contributed by atoms with van der Waals surface area (Å²) in [5, 5.41) is 0. The summed E-state index contributed by atoms with van der Waals surface area (Å²) in [7, 11) is 0. The summed E-state index contributed by atoms with van der Waals surface area (Å²) >= 11 is 0. The van der Waals surface area contributed by atoms with Gasteiger partial charge in [0.1, 0.15) is 0 Å². The van der Waals surface area contributed by atoms with Gasteiger partial charge in [0.05, 0.1) is 19.3 Å². The molecule has 1 unspecified atom stereocenters. The topological polar surface area (TPSA) is 55.6 Å². The molecule has 1 atom stereocenters. The van der Waals surface area contributed by atoms with E-state index in [1.54, 1.807) is 0 Å². The van der Waals surface area contributed by atoms with Crippen LogP contribution in [0, 0.1) is 0 Å². The quantitative estimate of drug-likeness (QED) is 0.627. The summed E-state index contributed by atoms with van der Waals surface area (Å²) in [4.78, 5) is 13.4. The van der Waals surface area contributed by atoms with E-state index in [0.717, 1.165) is 32.5 Å². The van der Waals surface area contributed by atoms with Crippen LogP contribution in [0.5, 0.6) is 0 Å². The molecule has 0 radical (unpaired) electrons. The van der Waals surface area contributed by atoms with E-state index in [9.17, 15) is 4.79 Å². The molecule has 14 heavy (non-hydrogen) atoms. The minimum Gasteiger partial charge on any atom is -0.377 e. The number of hydrogen-bond acceptors (Lipinski definition) is 3. The van der Waals surface area contributed by atoms with Gasteiger partial charge < -0.3 is 15.4 Å². The van der Waals surface area contributed by atoms with E-state index in [-0.39, 0.29) is 11.9 Å². The summed E-state index contributed by atoms with van der Waals surface area (Å²) in [5.41, 5.74) is 6.94. The first kappa shape index (κ1) is 9.68. The van der Waals surface area contributed by atoms with Crippen molar-refractivity contribution in [3.8, 4) is 0 Å². The first-order chi connectivity index (χ1) is 6.77. The van der Waals surface area contributed by atoms with E-state index < -0.39 is 0 Å². The Kier molecular flexibility index (Phi) is 2.84. The lowest BCUT2D eigenvalue weighted by Gasteiger charge is -2.20. The monoisotopic (exact) mass is 196 g/mol. The minimum absolute atomic E-state index is 0.0948. The Balaban J connectivity index is 1.91. The lowest BCUT2D eigenvalue weighted by molar-refractivity contribution is -0.128. The van der Waals surface area contributed by atoms with Crippen molar-refractivity contribution in [1.82, 2.24) is 4.90 Å². The SMILES string of the molecule is NC1CCN(CC2=CCOCC2)C1=O. The molecule has 1 fully saturated rings. The molecule has 1 amide bonds. The average molecular weight is 196 g/mol. The normalized spacial score (nSPS) is 28.1. The third-order valence-electron chi connectivity index (χ3n) is 2.79. The predicted octanol–water partition coefficient (Wildman–Crippen LogP) is -0.107. The van der Waals surface area contributed by atoms with Crippen LogP contribution < -0.4 is 5.73 Å². The van der Waals surface area contributed by atoms with Crippen molar-refractivity contribution in [2.75, 3.05) is 26.3 Å². The van der Waals surface area contributed by atoms with Gasteiger partial charge >= 0.3 is 0 Å². The van der Waals surface area contributed by atoms with E-state index in [4.69, 9.17) is 10.5 Å². The largest absolute Gasteiger partial charge is 0.377 e. The highest BCUT2D eigenvalue weighted by Crippen LogP contribution is 2.15. The fourth-order valence-corrected chi connectivity index (χ4v) is 1.87. The van der Waals surface area contributed by atoms with Crippen molar-refractivity contribution in [2.45, 2.75) is 18.9 Å². The summed E-state index contributed by atoms with van der Waals surface area (Å²) in [6.07, 6.45) is 3.81. The summed E-state index contributed by atoms with van der Waals surface area (Å²) in [5.74, 6) is 0.0948. The number of nitrogens with two attached hydrogens (primary N) is 1. The molecule has 0 spiro atoms. The van der Waals surface area contributed by atoms with Gasteiger partial charge in [0, 0.05) is 13.1 Å². The van der Waals surface area contributed by atoms with Crippen LogP contribution >= 0.6 is 0 Å². The maximum absolute atomic E-state index is 11.5. The van der Waals surface area contributed by atoms with Crippen molar-refractivity contribution >= 4 is 5.91 Å². The Morgan fingerprint density at radius 2 is 2.50 bits per heavy atom. The van der Waals surface area contributed by atoms with Crippen molar-refractivity contribution in [3.63, 3.8) is 0 Å². The zero-order valence-corrected chi connectivity index (χ0v) is 8.24. The van der Waals surface area contributed by atoms with Gasteiger partial charge in [-0.25, -0.2) is 0 Å². The molecule has 2 aliphatic rings. The van der Waals surface area contributed by atoms with E-state index in [1.165, 1.54) is 5.57 Å². The highest BCUT2D eigenvalue weighted by Gasteiger charge is 2.28. The number of nitrogens with zero attached hydrogens (tertiary/aromatic N) is 1. The Morgan fingerprint density at radius 3 is 3.07 bits per heavy atom. The molecule has 1 saturated heterocycles. The van der Waals surface area contributed by atoms with Crippen LogP contribution in [-0.2, 0) is 9.53 Å². The second kappa shape index (κ2) is 4.11. The molecule has 0 saturated carbocycles. The summed E-state index contributed by atoms with van der Waals surface area (Å²) < 4.78 is 5.21. The Bertz CT molecular complexity index is 263. The number of carbonyl (C=O) groups excluding carboxylic acids is 1. The molecule has 2 aliphatic heterocycles. The minimum atomic E-state index is -0.268. The van der Waals surface area contributed by atoms with Crippen molar-refractivity contribution in [3.05, 3.63) is 11.6 Å². The Morgan fingerprint density at radius 1 is 1.64 bits per heavy atom. The fraction of sp³-hybridized carbons (Fsp3) is 0.700. The molecular formula is C10H16N2O2. The zero-order valence-electron chi connectivity index (χ0n) is 8.24. The fourth-order valence-electron chi connectivity index (χ4n) is 1.87. The average Bonchev–Trinajstić information content (AvgIpc) is 2.52. The first-order valence-electron chi connectivity index (χ1n) is 5.07. The van der Waals surface area contributed by atoms with Gasteiger partial charge in [-0.3, -0.25) is 4.79 Å². The van der Waals surface area contributed by atoms with E-state index in [0.29, 0.717) is 6.61 Å². The molecule has 0 bridgehead atoms. The summed E-state index contributed by atoms with van der Waals surface area (Å²) in [6.45, 7) is 3.01. The third-order valence-corrected chi connectivity index (χ3v) is 2.79. The van der Waals surface area contributed by atoms with Crippen LogP contribution in [0.15, 0.2) is 11.6 Å². The van der Waals surface area contributed by atoms with Gasteiger partial charge in [-0.15, -0.1) is 0 Å². The second-order valence-corrected chi connectivity index (χ2v) is 3.84. The van der Waals surface area contributed by atoms with Gasteiger partial charge in [-0.05, 0) is 12.8 Å². The molecule has 4 heteroatoms. The molecule has 2 N–H and O–H groups in total. The molecule has 0 aromatic rings. The van der Waals surface area contributed by atoms with Crippen LogP contribution in [0.1, 0.15) is 12.8 Å². The number of ether oxygens (including phenoxy) is 1. The molecule has 78 valence electrons. The Labute approximate surface area is 83.7 Å². The van der Waals surface area contributed by atoms with Crippen LogP contribution in [0.3, 0.4) is 0 Å². The maximum atomic E-state index is 11.5. The highest BCUT2D eigenvalue weighted by atomic mass is 16.5. The van der Waals surface area contributed by atoms with Gasteiger partial charge in [0.15, 0.2) is 0 Å². The standard InChI is InChI=1S/C10H16N2O2/c11-9-1-4-12(10(9)13)7-8-2-5-14-6-3-8/h2,9H,1,3-7,11H2. The van der Waals surface area contributed by atoms with Crippen LogP contribution in [0.4, 0.5) is 0 Å². The Hall–Kier alpha value is -0.870. The molecular weight excluding hydrogens is 180 g/mol. The highest BCUT2D eigenvalue weighted by molar-refractivity contribution is 5.83. The van der Waals surface area contributed by atoms with Crippen molar-refractivity contribution in [1.29, 1.82) is 0 Å². The molecule has 4 nitrogen and oxygen atoms in total. The van der Waals surface area contributed by atoms with Gasteiger partial charge in [0.2, 0.25) is 5.91 Å². The number of rotatable bonds is 2. The maximum Gasteiger partial charge on any atom is 0.239 e. The molecule has 0 aromatic heterocycles. The number of carbonyl (C=O) groups is 1. The summed E-state index contributed by atoms with van der Waals surface area (Å²) in [6, 6.07) is -0.268. The van der Waals surface area contributed by atoms with E-state index in [2.05, 4.69) is 6.08 Å². The number of hydrogen-bond donors (Lipinski definition) is 1. The van der Waals surface area contributed by atoms with Crippen molar-refractivity contribution in [2.24, 2.45) is 5.73 Å². The molecule has 2 rings (SSSR count). The van der Waals surface area contributed by atoms with E-state index in [1.807, 2.05) is 4.90 Å². The van der Waals surface area contributed by atoms with Crippen molar-refractivity contribution < 1.29 is 9.53 Å². The zero-order chi connectivity index (χ0) is 9.97. The number of amides is 1. The van der Waals surface area contributed by atoms with Crippen LogP contribution in [-0.4, -0.2) is 43.2 Å². The predicted molar refractivity (Wildman–Crippen MR) is 52.7 cm³/mol. The number of likely N-dealkylation sites (tertiary alicyclic amines) is 1. The first-order valence-corrected chi connectivity index (χ1v) is 5.07. The van der Waals surface area contributed by atoms with Crippen LogP contribution in [0.25, 0.3) is 0 Å². The van der Waals surface area contributed by atoms with Gasteiger partial charge in [0.25, 0.3) is 0 Å². The molecule has 2 heterocycles.